The number of rotatable bonds is 3. The molecule has 2 nitrogen and oxygen atoms in total. The van der Waals surface area contributed by atoms with Crippen molar-refractivity contribution < 1.29 is 4.79 Å². The third-order valence-electron chi connectivity index (χ3n) is 3.96. The monoisotopic (exact) mass is 293 g/mol. The molecule has 2 saturated heterocycles. The van der Waals surface area contributed by atoms with Gasteiger partial charge in [-0.2, -0.15) is 0 Å². The van der Waals surface area contributed by atoms with Gasteiger partial charge in [0.05, 0.1) is 0 Å². The molecule has 3 heteroatoms. The summed E-state index contributed by atoms with van der Waals surface area (Å²) in [6.45, 7) is 1.87. The molecule has 0 spiro atoms. The number of hydrogen-bond donors (Lipinski definition) is 0. The van der Waals surface area contributed by atoms with E-state index in [-0.39, 0.29) is 0 Å². The van der Waals surface area contributed by atoms with E-state index in [1.807, 2.05) is 0 Å². The Morgan fingerprint density at radius 3 is 2.59 bits per heavy atom. The third kappa shape index (κ3) is 2.25. The van der Waals surface area contributed by atoms with E-state index in [0.29, 0.717) is 11.8 Å². The van der Waals surface area contributed by atoms with Crippen molar-refractivity contribution in [1.82, 2.24) is 4.90 Å². The number of fused-ring (bicyclic) bond motifs is 2. The van der Waals surface area contributed by atoms with Crippen molar-refractivity contribution in [2.24, 2.45) is 11.8 Å². The van der Waals surface area contributed by atoms with Crippen LogP contribution in [0.5, 0.6) is 0 Å². The molecule has 0 aromatic heterocycles. The molecule has 2 bridgehead atoms. The minimum Gasteiger partial charge on any atom is -0.342 e. The highest BCUT2D eigenvalue weighted by Gasteiger charge is 2.43. The second-order valence-corrected chi connectivity index (χ2v) is 6.11. The number of carbonyl (C=O) groups excluding carboxylic acids is 1. The van der Waals surface area contributed by atoms with Gasteiger partial charge in [-0.15, -0.1) is 0 Å². The van der Waals surface area contributed by atoms with Crippen LogP contribution in [0.1, 0.15) is 18.4 Å². The van der Waals surface area contributed by atoms with Gasteiger partial charge in [0, 0.05) is 23.5 Å². The number of hydrogen-bond acceptors (Lipinski definition) is 1. The first-order chi connectivity index (χ1) is 8.22. The lowest BCUT2D eigenvalue weighted by molar-refractivity contribution is -0.148. The van der Waals surface area contributed by atoms with Crippen molar-refractivity contribution in [2.75, 3.05) is 13.1 Å². The van der Waals surface area contributed by atoms with Gasteiger partial charge in [0.25, 0.3) is 0 Å². The van der Waals surface area contributed by atoms with Crippen molar-refractivity contribution in [1.29, 1.82) is 0 Å². The molecule has 0 N–H and O–H groups in total. The Labute approximate surface area is 110 Å². The summed E-state index contributed by atoms with van der Waals surface area (Å²) in [4.78, 5) is 14.0. The Morgan fingerprint density at radius 2 is 1.94 bits per heavy atom. The van der Waals surface area contributed by atoms with Gasteiger partial charge in [0.2, 0.25) is 5.91 Å². The minimum absolute atomic E-state index is 0.360. The molecule has 90 valence electrons. The van der Waals surface area contributed by atoms with Crippen molar-refractivity contribution in [3.8, 4) is 0 Å². The van der Waals surface area contributed by atoms with Crippen LogP contribution in [0.25, 0.3) is 0 Å². The molecule has 2 heterocycles. The lowest BCUT2D eigenvalue weighted by atomic mass is 9.70. The number of benzene rings is 1. The fourth-order valence-corrected chi connectivity index (χ4v) is 3.13. The first kappa shape index (κ1) is 11.3. The zero-order valence-electron chi connectivity index (χ0n) is 9.73. The molecule has 0 radical (unpaired) electrons. The lowest BCUT2D eigenvalue weighted by Gasteiger charge is -2.46. The maximum atomic E-state index is 12.0. The van der Waals surface area contributed by atoms with Crippen LogP contribution in [0.2, 0.25) is 0 Å². The molecule has 17 heavy (non-hydrogen) atoms. The molecule has 1 aliphatic carbocycles. The number of carbonyl (C=O) groups is 1. The van der Waals surface area contributed by atoms with E-state index in [2.05, 4.69) is 45.1 Å². The highest BCUT2D eigenvalue weighted by molar-refractivity contribution is 9.10. The molecule has 1 aromatic rings. The van der Waals surface area contributed by atoms with Gasteiger partial charge in [0.1, 0.15) is 0 Å². The fraction of sp³-hybridized carbons (Fsp3) is 0.500. The van der Waals surface area contributed by atoms with Crippen LogP contribution in [-0.2, 0) is 11.2 Å². The Bertz CT molecular complexity index is 422. The predicted molar refractivity (Wildman–Crippen MR) is 70.6 cm³/mol. The normalized spacial score (nSPS) is 26.9. The first-order valence-corrected chi connectivity index (χ1v) is 7.05. The van der Waals surface area contributed by atoms with Gasteiger partial charge < -0.3 is 4.90 Å². The molecule has 4 rings (SSSR count). The Morgan fingerprint density at radius 1 is 1.24 bits per heavy atom. The summed E-state index contributed by atoms with van der Waals surface area (Å²) in [6.07, 6.45) is 3.26. The molecular weight excluding hydrogens is 278 g/mol. The van der Waals surface area contributed by atoms with E-state index in [1.54, 1.807) is 0 Å². The van der Waals surface area contributed by atoms with Crippen molar-refractivity contribution in [2.45, 2.75) is 19.3 Å². The summed E-state index contributed by atoms with van der Waals surface area (Å²) in [7, 11) is 0. The molecule has 0 atom stereocenters. The van der Waals surface area contributed by atoms with Crippen LogP contribution in [0, 0.1) is 11.8 Å². The van der Waals surface area contributed by atoms with Crippen molar-refractivity contribution in [3.63, 3.8) is 0 Å². The molecule has 3 fully saturated rings. The van der Waals surface area contributed by atoms with E-state index in [1.165, 1.54) is 5.56 Å². The number of piperidine rings is 2. The maximum absolute atomic E-state index is 12.0. The Hall–Kier alpha value is -0.830. The van der Waals surface area contributed by atoms with Crippen LogP contribution in [0.4, 0.5) is 0 Å². The van der Waals surface area contributed by atoms with Crippen LogP contribution in [0.3, 0.4) is 0 Å². The summed E-state index contributed by atoms with van der Waals surface area (Å²) in [5.41, 5.74) is 1.31. The zero-order chi connectivity index (χ0) is 11.8. The second kappa shape index (κ2) is 4.45. The van der Waals surface area contributed by atoms with Gasteiger partial charge in [-0.3, -0.25) is 4.79 Å². The summed E-state index contributed by atoms with van der Waals surface area (Å²) >= 11 is 3.43. The van der Waals surface area contributed by atoms with E-state index in [0.717, 1.165) is 42.7 Å². The predicted octanol–water partition coefficient (Wildman–Crippen LogP) is 2.86. The van der Waals surface area contributed by atoms with Gasteiger partial charge in [-0.1, -0.05) is 28.1 Å². The summed E-state index contributed by atoms with van der Waals surface area (Å²) < 4.78 is 1.11. The highest BCUT2D eigenvalue weighted by Crippen LogP contribution is 2.40. The molecule has 1 aromatic carbocycles. The van der Waals surface area contributed by atoms with Crippen LogP contribution < -0.4 is 0 Å². The maximum Gasteiger partial charge on any atom is 0.225 e. The molecule has 3 aliphatic rings. The number of nitrogens with zero attached hydrogens (tertiary/aromatic N) is 1. The minimum atomic E-state index is 0.360. The number of halogens is 1. The van der Waals surface area contributed by atoms with Gasteiger partial charge in [-0.05, 0) is 42.9 Å². The standard InChI is InChI=1S/C14H16BrNO/c15-13-3-1-10(2-4-13)5-6-16-9-11-7-12(8-11)14(16)17/h1-4,11-12H,5-9H2. The van der Waals surface area contributed by atoms with E-state index in [4.69, 9.17) is 0 Å². The summed E-state index contributed by atoms with van der Waals surface area (Å²) in [6, 6.07) is 8.37. The molecule has 1 amide bonds. The second-order valence-electron chi connectivity index (χ2n) is 5.20. The highest BCUT2D eigenvalue weighted by atomic mass is 79.9. The smallest absolute Gasteiger partial charge is 0.225 e. The average molecular weight is 294 g/mol. The quantitative estimate of drug-likeness (QED) is 0.839. The van der Waals surface area contributed by atoms with Crippen LogP contribution in [-0.4, -0.2) is 23.9 Å². The van der Waals surface area contributed by atoms with E-state index >= 15 is 0 Å². The first-order valence-electron chi connectivity index (χ1n) is 6.25. The van der Waals surface area contributed by atoms with Crippen LogP contribution in [0.15, 0.2) is 28.7 Å². The van der Waals surface area contributed by atoms with E-state index < -0.39 is 0 Å². The lowest BCUT2D eigenvalue weighted by Crippen LogP contribution is -2.53. The van der Waals surface area contributed by atoms with Gasteiger partial charge >= 0.3 is 0 Å². The Balaban J connectivity index is 1.57. The summed E-state index contributed by atoms with van der Waals surface area (Å²) in [5, 5.41) is 0. The Kier molecular flexibility index (Phi) is 2.95. The van der Waals surface area contributed by atoms with Gasteiger partial charge in [-0.25, -0.2) is 0 Å². The third-order valence-corrected chi connectivity index (χ3v) is 4.49. The van der Waals surface area contributed by atoms with Gasteiger partial charge in [0.15, 0.2) is 0 Å². The van der Waals surface area contributed by atoms with E-state index in [9.17, 15) is 4.79 Å². The van der Waals surface area contributed by atoms with Crippen LogP contribution >= 0.6 is 15.9 Å². The van der Waals surface area contributed by atoms with Crippen molar-refractivity contribution >= 4 is 21.8 Å². The summed E-state index contributed by atoms with van der Waals surface area (Å²) in [5.74, 6) is 1.55. The molecule has 1 saturated carbocycles. The SMILES string of the molecule is O=C1C2CC(C2)CN1CCc1ccc(Br)cc1. The molecule has 2 aliphatic heterocycles. The average Bonchev–Trinajstić information content (AvgIpc) is 2.28. The largest absolute Gasteiger partial charge is 0.342 e. The zero-order valence-corrected chi connectivity index (χ0v) is 11.3. The fourth-order valence-electron chi connectivity index (χ4n) is 2.86. The molecule has 0 unspecified atom stereocenters. The topological polar surface area (TPSA) is 20.3 Å². The number of amides is 1. The molecular formula is C14H16BrNO. The van der Waals surface area contributed by atoms with Crippen molar-refractivity contribution in [3.05, 3.63) is 34.3 Å².